The van der Waals surface area contributed by atoms with Crippen molar-refractivity contribution in [1.29, 1.82) is 0 Å². The molecule has 0 aromatic heterocycles. The molecule has 0 aliphatic rings. The fourth-order valence-electron chi connectivity index (χ4n) is 7.36. The minimum Gasteiger partial charge on any atom is -0.545 e. The van der Waals surface area contributed by atoms with Crippen LogP contribution in [-0.4, -0.2) is 82.3 Å². The number of unbranched alkanes of at least 4 members (excludes halogenated alkanes) is 21. The number of carboxylic acid groups (broad SMARTS) is 1. The van der Waals surface area contributed by atoms with E-state index in [0.717, 1.165) is 89.9 Å². The molecule has 2 atom stereocenters. The highest BCUT2D eigenvalue weighted by Crippen LogP contribution is 2.15. The lowest BCUT2D eigenvalue weighted by atomic mass is 10.1. The molecule has 0 saturated carbocycles. The molecule has 0 N–H and O–H groups in total. The summed E-state index contributed by atoms with van der Waals surface area (Å²) in [4.78, 5) is 37.3. The third-order valence-corrected chi connectivity index (χ3v) is 11.6. The first-order valence-corrected chi connectivity index (χ1v) is 27.7. The molecular formula is C60H103NO8. The molecule has 0 fully saturated rings. The van der Waals surface area contributed by atoms with Crippen molar-refractivity contribution in [2.45, 2.75) is 232 Å². The Balaban J connectivity index is 4.31. The highest BCUT2D eigenvalue weighted by Gasteiger charge is 2.22. The molecular weight excluding hydrogens is 863 g/mol. The van der Waals surface area contributed by atoms with E-state index < -0.39 is 24.3 Å². The van der Waals surface area contributed by atoms with Gasteiger partial charge in [-0.1, -0.05) is 202 Å². The minimum atomic E-state index is -1.63. The van der Waals surface area contributed by atoms with Crippen LogP contribution >= 0.6 is 0 Å². The van der Waals surface area contributed by atoms with Crippen molar-refractivity contribution in [2.75, 3.05) is 47.5 Å². The highest BCUT2D eigenvalue weighted by molar-refractivity contribution is 5.70. The number of aliphatic carboxylic acids is 1. The van der Waals surface area contributed by atoms with Crippen molar-refractivity contribution >= 4 is 17.9 Å². The molecule has 0 heterocycles. The maximum Gasteiger partial charge on any atom is 0.306 e. The zero-order valence-electron chi connectivity index (χ0n) is 44.9. The fraction of sp³-hybridized carbons (Fsp3) is 0.717. The normalized spacial score (nSPS) is 13.5. The first-order valence-electron chi connectivity index (χ1n) is 27.7. The summed E-state index contributed by atoms with van der Waals surface area (Å²) in [6.07, 6.45) is 63.3. The van der Waals surface area contributed by atoms with Crippen LogP contribution in [0.25, 0.3) is 0 Å². The molecule has 69 heavy (non-hydrogen) atoms. The van der Waals surface area contributed by atoms with Gasteiger partial charge in [-0.05, 0) is 89.9 Å². The van der Waals surface area contributed by atoms with Gasteiger partial charge >= 0.3 is 11.9 Å². The summed E-state index contributed by atoms with van der Waals surface area (Å²) in [6.45, 7) is 4.60. The molecule has 0 spiro atoms. The lowest BCUT2D eigenvalue weighted by molar-refractivity contribution is -0.870. The average Bonchev–Trinajstić information content (AvgIpc) is 3.31. The molecule has 0 aliphatic heterocycles. The minimum absolute atomic E-state index is 0.142. The van der Waals surface area contributed by atoms with Gasteiger partial charge in [-0.25, -0.2) is 0 Å². The topological polar surface area (TPSA) is 111 Å². The summed E-state index contributed by atoms with van der Waals surface area (Å²) in [6, 6.07) is 0. The molecule has 0 aliphatic carbocycles. The Hall–Kier alpha value is -3.53. The molecule has 0 aromatic carbocycles. The molecule has 9 heteroatoms. The van der Waals surface area contributed by atoms with Gasteiger partial charge in [-0.2, -0.15) is 0 Å². The molecule has 2 unspecified atom stereocenters. The van der Waals surface area contributed by atoms with Crippen LogP contribution in [0.1, 0.15) is 219 Å². The largest absolute Gasteiger partial charge is 0.545 e. The van der Waals surface area contributed by atoms with Gasteiger partial charge in [-0.15, -0.1) is 0 Å². The predicted molar refractivity (Wildman–Crippen MR) is 288 cm³/mol. The lowest BCUT2D eigenvalue weighted by Crippen LogP contribution is -2.44. The van der Waals surface area contributed by atoms with Crippen LogP contribution in [0.15, 0.2) is 85.1 Å². The number of quaternary nitrogens is 1. The maximum absolute atomic E-state index is 12.9. The van der Waals surface area contributed by atoms with E-state index in [4.69, 9.17) is 18.9 Å². The van der Waals surface area contributed by atoms with Gasteiger partial charge in [0, 0.05) is 12.8 Å². The number of nitrogens with zero attached hydrogens (tertiary/aromatic N) is 1. The predicted octanol–water partition coefficient (Wildman–Crippen LogP) is 14.7. The number of carbonyl (C=O) groups is 3. The van der Waals surface area contributed by atoms with Crippen LogP contribution in [0.3, 0.4) is 0 Å². The van der Waals surface area contributed by atoms with Gasteiger partial charge < -0.3 is 33.3 Å². The second kappa shape index (κ2) is 50.8. The summed E-state index contributed by atoms with van der Waals surface area (Å²) in [7, 11) is 5.91. The van der Waals surface area contributed by atoms with Gasteiger partial charge in [0.25, 0.3) is 0 Å². The van der Waals surface area contributed by atoms with Gasteiger partial charge in [-0.3, -0.25) is 9.59 Å². The molecule has 0 amide bonds. The van der Waals surface area contributed by atoms with Crippen molar-refractivity contribution in [3.8, 4) is 0 Å². The van der Waals surface area contributed by atoms with Gasteiger partial charge in [0.15, 0.2) is 12.4 Å². The van der Waals surface area contributed by atoms with E-state index in [9.17, 15) is 19.5 Å². The molecule has 9 nitrogen and oxygen atoms in total. The highest BCUT2D eigenvalue weighted by atomic mass is 16.7. The number of allylic oxidation sites excluding steroid dienone is 14. The van der Waals surface area contributed by atoms with E-state index in [2.05, 4.69) is 98.9 Å². The fourth-order valence-corrected chi connectivity index (χ4v) is 7.36. The SMILES string of the molecule is CC/C=C\C/C=C\C/C=C\C/C=C\C/C=C\CCCCCCCCCCCC(=O)OC(COC(=O)CCCCCCCCCCC/C=C\C/C=C\CCCCC)COC(OCC[N+](C)(C)C)C(=O)[O-]. The van der Waals surface area contributed by atoms with Crippen LogP contribution in [0, 0.1) is 0 Å². The van der Waals surface area contributed by atoms with E-state index in [1.165, 1.54) is 96.3 Å². The third-order valence-electron chi connectivity index (χ3n) is 11.6. The molecule has 0 bridgehead atoms. The summed E-state index contributed by atoms with van der Waals surface area (Å²) in [5.74, 6) is -2.30. The number of carbonyl (C=O) groups excluding carboxylic acids is 3. The molecule has 0 saturated heterocycles. The summed E-state index contributed by atoms with van der Waals surface area (Å²) in [5.41, 5.74) is 0. The van der Waals surface area contributed by atoms with Gasteiger partial charge in [0.2, 0.25) is 0 Å². The van der Waals surface area contributed by atoms with Crippen LogP contribution in [0.5, 0.6) is 0 Å². The Bertz CT molecular complexity index is 1400. The number of esters is 2. The first-order chi connectivity index (χ1) is 33.6. The molecule has 0 aromatic rings. The van der Waals surface area contributed by atoms with Gasteiger partial charge in [0.05, 0.1) is 40.3 Å². The van der Waals surface area contributed by atoms with Crippen LogP contribution in [0.2, 0.25) is 0 Å². The first kappa shape index (κ1) is 65.5. The van der Waals surface area contributed by atoms with Crippen LogP contribution in [0.4, 0.5) is 0 Å². The third kappa shape index (κ3) is 52.1. The van der Waals surface area contributed by atoms with Crippen LogP contribution < -0.4 is 5.11 Å². The smallest absolute Gasteiger partial charge is 0.306 e. The Morgan fingerprint density at radius 2 is 0.826 bits per heavy atom. The summed E-state index contributed by atoms with van der Waals surface area (Å²) in [5, 5.41) is 11.8. The van der Waals surface area contributed by atoms with Crippen molar-refractivity contribution in [3.05, 3.63) is 85.1 Å². The van der Waals surface area contributed by atoms with E-state index in [1.54, 1.807) is 0 Å². The molecule has 0 radical (unpaired) electrons. The Kier molecular flexibility index (Phi) is 48.2. The number of rotatable bonds is 50. The second-order valence-electron chi connectivity index (χ2n) is 19.5. The second-order valence-corrected chi connectivity index (χ2v) is 19.5. The number of likely N-dealkylation sites (N-methyl/N-ethyl adjacent to an activating group) is 1. The number of hydrogen-bond donors (Lipinski definition) is 0. The molecule has 396 valence electrons. The number of carboxylic acids is 1. The summed E-state index contributed by atoms with van der Waals surface area (Å²) >= 11 is 0. The molecule has 0 rings (SSSR count). The maximum atomic E-state index is 12.9. The van der Waals surface area contributed by atoms with Crippen molar-refractivity contribution in [3.63, 3.8) is 0 Å². The van der Waals surface area contributed by atoms with Gasteiger partial charge in [0.1, 0.15) is 13.2 Å². The number of hydrogen-bond acceptors (Lipinski definition) is 8. The Morgan fingerprint density at radius 1 is 0.449 bits per heavy atom. The van der Waals surface area contributed by atoms with E-state index in [0.29, 0.717) is 17.4 Å². The summed E-state index contributed by atoms with van der Waals surface area (Å²) < 4.78 is 22.7. The lowest BCUT2D eigenvalue weighted by Gasteiger charge is -2.26. The standard InChI is InChI=1S/C60H103NO8/c1-6-8-10-12-14-16-18-20-22-24-26-27-28-29-30-31-33-35-37-39-41-43-45-47-49-51-58(63)69-56(55-68-60(59(64)65)66-53-52-61(3,4)5)54-67-57(62)50-48-46-44-42-40-38-36-34-32-25-23-21-19-17-15-13-11-9-7-2/h8,10,14-17,20-23,26-27,29-30,56,60H,6-7,9,11-13,18-19,24-25,28,31-55H2,1-5H3/b10-8-,16-14-,17-15-,22-20-,23-21-,27-26-,30-29-. The zero-order chi connectivity index (χ0) is 50.6. The Labute approximate surface area is 423 Å². The van der Waals surface area contributed by atoms with Crippen molar-refractivity contribution in [2.24, 2.45) is 0 Å². The number of ether oxygens (including phenoxy) is 4. The quantitative estimate of drug-likeness (QED) is 0.0195. The van der Waals surface area contributed by atoms with Crippen LogP contribution in [-0.2, 0) is 33.3 Å². The van der Waals surface area contributed by atoms with Crippen molar-refractivity contribution < 1.29 is 42.9 Å². The van der Waals surface area contributed by atoms with E-state index in [1.807, 2.05) is 21.1 Å². The zero-order valence-corrected chi connectivity index (χ0v) is 44.9. The van der Waals surface area contributed by atoms with E-state index >= 15 is 0 Å². The monoisotopic (exact) mass is 966 g/mol. The Morgan fingerprint density at radius 3 is 1.23 bits per heavy atom. The average molecular weight is 966 g/mol. The van der Waals surface area contributed by atoms with Crippen molar-refractivity contribution in [1.82, 2.24) is 0 Å². The van der Waals surface area contributed by atoms with E-state index in [-0.39, 0.29) is 38.6 Å².